The zero-order valence-corrected chi connectivity index (χ0v) is 6.76. The summed E-state index contributed by atoms with van der Waals surface area (Å²) in [5, 5.41) is 0. The van der Waals surface area contributed by atoms with Crippen LogP contribution >= 0.6 is 0 Å². The minimum atomic E-state index is -0.221. The van der Waals surface area contributed by atoms with Crippen LogP contribution in [0.3, 0.4) is 0 Å². The highest BCUT2D eigenvalue weighted by atomic mass is 19.1. The van der Waals surface area contributed by atoms with Crippen molar-refractivity contribution in [2.75, 3.05) is 0 Å². The normalized spacial score (nSPS) is 10.8. The highest BCUT2D eigenvalue weighted by Gasteiger charge is 2.03. The van der Waals surface area contributed by atoms with Gasteiger partial charge in [-0.2, -0.15) is 0 Å². The number of halogens is 1. The number of nitrogens with one attached hydrogen (secondary N) is 1. The Labute approximate surface area is 69.4 Å². The maximum absolute atomic E-state index is 13.2. The summed E-state index contributed by atoms with van der Waals surface area (Å²) in [6.45, 7) is 1.99. The summed E-state index contributed by atoms with van der Waals surface area (Å²) in [6.07, 6.45) is 2.34. The standard InChI is InChI=1S/C9H9FN2/c1-2-6-3-7(10)9-8(4-6)11-5-12-9/h3-5H,2H2,1H3,(H,11,12). The van der Waals surface area contributed by atoms with E-state index in [0.29, 0.717) is 11.0 Å². The molecule has 0 fully saturated rings. The number of benzene rings is 1. The van der Waals surface area contributed by atoms with Crippen LogP contribution in [-0.2, 0) is 6.42 Å². The van der Waals surface area contributed by atoms with Gasteiger partial charge in [-0.1, -0.05) is 6.92 Å². The van der Waals surface area contributed by atoms with Gasteiger partial charge in [-0.05, 0) is 24.1 Å². The molecule has 0 radical (unpaired) electrons. The van der Waals surface area contributed by atoms with Gasteiger partial charge in [0.25, 0.3) is 0 Å². The van der Waals surface area contributed by atoms with Gasteiger partial charge in [-0.3, -0.25) is 0 Å². The molecule has 0 atom stereocenters. The molecule has 0 spiro atoms. The Balaban J connectivity index is 2.75. The molecule has 1 aromatic carbocycles. The zero-order valence-electron chi connectivity index (χ0n) is 6.76. The summed E-state index contributed by atoms with van der Waals surface area (Å²) in [4.78, 5) is 6.75. The summed E-state index contributed by atoms with van der Waals surface area (Å²) in [7, 11) is 0. The fraction of sp³-hybridized carbons (Fsp3) is 0.222. The summed E-state index contributed by atoms with van der Waals surface area (Å²) in [5.41, 5.74) is 2.17. The molecule has 1 N–H and O–H groups in total. The number of fused-ring (bicyclic) bond motifs is 1. The summed E-state index contributed by atoms with van der Waals surface area (Å²) < 4.78 is 13.2. The maximum Gasteiger partial charge on any atom is 0.149 e. The molecule has 0 aliphatic carbocycles. The third-order valence-corrected chi connectivity index (χ3v) is 1.95. The number of imidazole rings is 1. The molecule has 0 saturated carbocycles. The molecule has 2 aromatic rings. The lowest BCUT2D eigenvalue weighted by Crippen LogP contribution is -1.84. The molecule has 0 unspecified atom stereocenters. The molecule has 12 heavy (non-hydrogen) atoms. The molecule has 0 bridgehead atoms. The van der Waals surface area contributed by atoms with Crippen LogP contribution in [0.1, 0.15) is 12.5 Å². The Bertz CT molecular complexity index is 406. The van der Waals surface area contributed by atoms with E-state index in [1.165, 1.54) is 6.33 Å². The van der Waals surface area contributed by atoms with Crippen LogP contribution in [0.5, 0.6) is 0 Å². The van der Waals surface area contributed by atoms with Gasteiger partial charge in [0.15, 0.2) is 0 Å². The smallest absolute Gasteiger partial charge is 0.149 e. The van der Waals surface area contributed by atoms with Crippen molar-refractivity contribution < 1.29 is 4.39 Å². The molecule has 0 aliphatic heterocycles. The van der Waals surface area contributed by atoms with Crippen molar-refractivity contribution in [3.05, 3.63) is 29.8 Å². The van der Waals surface area contributed by atoms with Gasteiger partial charge in [-0.25, -0.2) is 9.37 Å². The highest BCUT2D eigenvalue weighted by Crippen LogP contribution is 2.16. The number of aromatic amines is 1. The van der Waals surface area contributed by atoms with Gasteiger partial charge in [0.2, 0.25) is 0 Å². The number of aromatic nitrogens is 2. The van der Waals surface area contributed by atoms with Gasteiger partial charge in [0.05, 0.1) is 11.8 Å². The Morgan fingerprint density at radius 2 is 2.33 bits per heavy atom. The lowest BCUT2D eigenvalue weighted by Gasteiger charge is -1.96. The van der Waals surface area contributed by atoms with Crippen molar-refractivity contribution >= 4 is 11.0 Å². The minimum absolute atomic E-state index is 0.221. The lowest BCUT2D eigenvalue weighted by molar-refractivity contribution is 0.635. The first-order valence-electron chi connectivity index (χ1n) is 3.92. The van der Waals surface area contributed by atoms with Gasteiger partial charge >= 0.3 is 0 Å². The molecular weight excluding hydrogens is 155 g/mol. The Morgan fingerprint density at radius 3 is 3.08 bits per heavy atom. The van der Waals surface area contributed by atoms with Crippen LogP contribution in [0.2, 0.25) is 0 Å². The van der Waals surface area contributed by atoms with Crippen LogP contribution in [0, 0.1) is 5.82 Å². The first-order chi connectivity index (χ1) is 5.81. The summed E-state index contributed by atoms with van der Waals surface area (Å²) in [6, 6.07) is 3.44. The zero-order chi connectivity index (χ0) is 8.55. The predicted molar refractivity (Wildman–Crippen MR) is 45.4 cm³/mol. The van der Waals surface area contributed by atoms with Crippen LogP contribution in [-0.4, -0.2) is 9.97 Å². The van der Waals surface area contributed by atoms with E-state index in [1.54, 1.807) is 6.07 Å². The number of rotatable bonds is 1. The summed E-state index contributed by atoms with van der Waals surface area (Å²) >= 11 is 0. The Hall–Kier alpha value is -1.38. The molecule has 1 aromatic heterocycles. The second kappa shape index (κ2) is 2.59. The molecule has 3 heteroatoms. The number of H-pyrrole nitrogens is 1. The van der Waals surface area contributed by atoms with E-state index in [2.05, 4.69) is 9.97 Å². The quantitative estimate of drug-likeness (QED) is 0.688. The third kappa shape index (κ3) is 0.978. The number of nitrogens with zero attached hydrogens (tertiary/aromatic N) is 1. The van der Waals surface area contributed by atoms with E-state index < -0.39 is 0 Å². The highest BCUT2D eigenvalue weighted by molar-refractivity contribution is 5.75. The maximum atomic E-state index is 13.2. The van der Waals surface area contributed by atoms with Crippen molar-refractivity contribution in [3.8, 4) is 0 Å². The van der Waals surface area contributed by atoms with Crippen molar-refractivity contribution in [3.63, 3.8) is 0 Å². The molecule has 2 nitrogen and oxygen atoms in total. The van der Waals surface area contributed by atoms with E-state index in [4.69, 9.17) is 0 Å². The fourth-order valence-electron chi connectivity index (χ4n) is 1.26. The van der Waals surface area contributed by atoms with Crippen molar-refractivity contribution in [1.82, 2.24) is 9.97 Å². The van der Waals surface area contributed by atoms with Gasteiger partial charge in [0.1, 0.15) is 11.3 Å². The van der Waals surface area contributed by atoms with Crippen molar-refractivity contribution in [2.45, 2.75) is 13.3 Å². The Kier molecular flexibility index (Phi) is 1.57. The van der Waals surface area contributed by atoms with E-state index in [1.807, 2.05) is 13.0 Å². The first-order valence-corrected chi connectivity index (χ1v) is 3.92. The lowest BCUT2D eigenvalue weighted by atomic mass is 10.1. The predicted octanol–water partition coefficient (Wildman–Crippen LogP) is 2.26. The van der Waals surface area contributed by atoms with Gasteiger partial charge in [-0.15, -0.1) is 0 Å². The fourth-order valence-corrected chi connectivity index (χ4v) is 1.26. The van der Waals surface area contributed by atoms with Crippen LogP contribution in [0.25, 0.3) is 11.0 Å². The van der Waals surface area contributed by atoms with E-state index in [9.17, 15) is 4.39 Å². The summed E-state index contributed by atoms with van der Waals surface area (Å²) in [5.74, 6) is -0.221. The number of aryl methyl sites for hydroxylation is 1. The van der Waals surface area contributed by atoms with E-state index in [-0.39, 0.29) is 5.82 Å². The monoisotopic (exact) mass is 164 g/mol. The minimum Gasteiger partial charge on any atom is -0.342 e. The average Bonchev–Trinajstić information content (AvgIpc) is 2.52. The molecule has 0 amide bonds. The molecule has 0 aliphatic rings. The third-order valence-electron chi connectivity index (χ3n) is 1.95. The SMILES string of the molecule is CCc1cc(F)c2[nH]cnc2c1. The molecular formula is C9H9FN2. The van der Waals surface area contributed by atoms with Gasteiger partial charge < -0.3 is 4.98 Å². The average molecular weight is 164 g/mol. The largest absolute Gasteiger partial charge is 0.342 e. The molecule has 62 valence electrons. The van der Waals surface area contributed by atoms with E-state index in [0.717, 1.165) is 12.0 Å². The van der Waals surface area contributed by atoms with E-state index >= 15 is 0 Å². The van der Waals surface area contributed by atoms with Crippen molar-refractivity contribution in [1.29, 1.82) is 0 Å². The molecule has 2 rings (SSSR count). The number of hydrogen-bond acceptors (Lipinski definition) is 1. The topological polar surface area (TPSA) is 28.7 Å². The second-order valence-electron chi connectivity index (χ2n) is 2.73. The van der Waals surface area contributed by atoms with Crippen molar-refractivity contribution in [2.24, 2.45) is 0 Å². The molecule has 1 heterocycles. The van der Waals surface area contributed by atoms with Gasteiger partial charge in [0, 0.05) is 0 Å². The van der Waals surface area contributed by atoms with Crippen LogP contribution in [0.15, 0.2) is 18.5 Å². The Morgan fingerprint density at radius 1 is 1.50 bits per heavy atom. The van der Waals surface area contributed by atoms with Crippen LogP contribution in [0.4, 0.5) is 4.39 Å². The molecule has 0 saturated heterocycles. The first kappa shape index (κ1) is 7.28. The second-order valence-corrected chi connectivity index (χ2v) is 2.73. The van der Waals surface area contributed by atoms with Crippen LogP contribution < -0.4 is 0 Å². The number of hydrogen-bond donors (Lipinski definition) is 1.